The van der Waals surface area contributed by atoms with Gasteiger partial charge in [-0.15, -0.1) is 0 Å². The minimum absolute atomic E-state index is 0.229. The van der Waals surface area contributed by atoms with Crippen LogP contribution in [0, 0.1) is 5.82 Å². The second-order valence-corrected chi connectivity index (χ2v) is 4.65. The monoisotopic (exact) mass is 270 g/mol. The highest BCUT2D eigenvalue weighted by Gasteiger charge is 2.11. The smallest absolute Gasteiger partial charge is 0.194 e. The number of halogens is 1. The number of hydrogen-bond donors (Lipinski definition) is 1. The summed E-state index contributed by atoms with van der Waals surface area (Å²) in [6, 6.07) is 10.5. The van der Waals surface area contributed by atoms with Gasteiger partial charge in [-0.1, -0.05) is 24.3 Å². The van der Waals surface area contributed by atoms with Crippen LogP contribution in [-0.4, -0.2) is 11.5 Å². The molecule has 4 heteroatoms. The molecule has 2 aromatic carbocycles. The summed E-state index contributed by atoms with van der Waals surface area (Å²) < 4.78 is 19.5. The third-order valence-corrected chi connectivity index (χ3v) is 3.28. The summed E-state index contributed by atoms with van der Waals surface area (Å²) in [4.78, 5) is 4.24. The third-order valence-electron chi connectivity index (χ3n) is 3.28. The highest BCUT2D eigenvalue weighted by molar-refractivity contribution is 5.95. The summed E-state index contributed by atoms with van der Waals surface area (Å²) in [5.41, 5.74) is 6.33. The molecule has 0 unspecified atom stereocenters. The van der Waals surface area contributed by atoms with Crippen molar-refractivity contribution in [3.8, 4) is 11.3 Å². The molecule has 102 valence electrons. The highest BCUT2D eigenvalue weighted by Crippen LogP contribution is 2.30. The van der Waals surface area contributed by atoms with Crippen molar-refractivity contribution in [2.24, 2.45) is 5.73 Å². The molecule has 0 radical (unpaired) electrons. The van der Waals surface area contributed by atoms with Crippen molar-refractivity contribution in [2.75, 3.05) is 6.54 Å². The van der Waals surface area contributed by atoms with E-state index in [0.29, 0.717) is 23.6 Å². The standard InChI is InChI=1S/C16H15FN2O/c17-14-8-7-13(11-4-1-2-5-12(11)14)15-10-19-16(20-15)6-3-9-18/h1-2,4-5,7-8,10H,3,6,9,18H2. The van der Waals surface area contributed by atoms with Crippen LogP contribution in [0.3, 0.4) is 0 Å². The third kappa shape index (κ3) is 2.30. The van der Waals surface area contributed by atoms with Crippen molar-refractivity contribution in [2.45, 2.75) is 12.8 Å². The van der Waals surface area contributed by atoms with Gasteiger partial charge in [-0.25, -0.2) is 9.37 Å². The molecule has 3 rings (SSSR count). The lowest BCUT2D eigenvalue weighted by atomic mass is 10.0. The van der Waals surface area contributed by atoms with Gasteiger partial charge in [0.2, 0.25) is 0 Å². The van der Waals surface area contributed by atoms with Gasteiger partial charge in [-0.05, 0) is 30.5 Å². The molecule has 0 amide bonds. The summed E-state index contributed by atoms with van der Waals surface area (Å²) in [7, 11) is 0. The van der Waals surface area contributed by atoms with Crippen LogP contribution in [0.5, 0.6) is 0 Å². The molecular weight excluding hydrogens is 255 g/mol. The minimum Gasteiger partial charge on any atom is -0.441 e. The number of aromatic nitrogens is 1. The number of rotatable bonds is 4. The van der Waals surface area contributed by atoms with E-state index in [0.717, 1.165) is 23.8 Å². The maximum Gasteiger partial charge on any atom is 0.194 e. The lowest BCUT2D eigenvalue weighted by Crippen LogP contribution is -2.00. The Morgan fingerprint density at radius 2 is 1.90 bits per heavy atom. The van der Waals surface area contributed by atoms with E-state index in [2.05, 4.69) is 4.98 Å². The molecule has 20 heavy (non-hydrogen) atoms. The number of benzene rings is 2. The van der Waals surface area contributed by atoms with Crippen molar-refractivity contribution in [3.05, 3.63) is 54.3 Å². The normalized spacial score (nSPS) is 11.1. The Balaban J connectivity index is 2.06. The van der Waals surface area contributed by atoms with Gasteiger partial charge in [0, 0.05) is 17.4 Å². The minimum atomic E-state index is -0.229. The van der Waals surface area contributed by atoms with Gasteiger partial charge < -0.3 is 10.2 Å². The van der Waals surface area contributed by atoms with Gasteiger partial charge in [-0.2, -0.15) is 0 Å². The highest BCUT2D eigenvalue weighted by atomic mass is 19.1. The van der Waals surface area contributed by atoms with Gasteiger partial charge in [0.05, 0.1) is 6.20 Å². The van der Waals surface area contributed by atoms with Crippen LogP contribution in [0.25, 0.3) is 22.1 Å². The number of oxazole rings is 1. The Bertz CT molecular complexity index is 736. The summed E-state index contributed by atoms with van der Waals surface area (Å²) in [5, 5.41) is 1.42. The van der Waals surface area contributed by atoms with Gasteiger partial charge in [0.15, 0.2) is 11.7 Å². The van der Waals surface area contributed by atoms with Crippen LogP contribution >= 0.6 is 0 Å². The molecule has 0 aliphatic carbocycles. The summed E-state index contributed by atoms with van der Waals surface area (Å²) in [5.74, 6) is 1.10. The summed E-state index contributed by atoms with van der Waals surface area (Å²) >= 11 is 0. The fourth-order valence-electron chi connectivity index (χ4n) is 2.28. The number of aryl methyl sites for hydroxylation is 1. The van der Waals surface area contributed by atoms with Crippen molar-refractivity contribution >= 4 is 10.8 Å². The van der Waals surface area contributed by atoms with E-state index in [4.69, 9.17) is 10.2 Å². The van der Waals surface area contributed by atoms with Crippen molar-refractivity contribution < 1.29 is 8.81 Å². The molecule has 0 bridgehead atoms. The van der Waals surface area contributed by atoms with E-state index in [1.54, 1.807) is 18.3 Å². The predicted molar refractivity (Wildman–Crippen MR) is 76.8 cm³/mol. The van der Waals surface area contributed by atoms with Gasteiger partial charge >= 0.3 is 0 Å². The first kappa shape index (κ1) is 12.8. The van der Waals surface area contributed by atoms with E-state index in [9.17, 15) is 4.39 Å². The molecule has 0 fully saturated rings. The molecule has 0 spiro atoms. The zero-order valence-corrected chi connectivity index (χ0v) is 11.0. The lowest BCUT2D eigenvalue weighted by Gasteiger charge is -2.04. The Labute approximate surface area is 116 Å². The molecule has 1 aromatic heterocycles. The Hall–Kier alpha value is -2.20. The zero-order chi connectivity index (χ0) is 13.9. The second-order valence-electron chi connectivity index (χ2n) is 4.65. The van der Waals surface area contributed by atoms with Crippen LogP contribution < -0.4 is 5.73 Å². The molecule has 1 heterocycles. The first-order chi connectivity index (χ1) is 9.79. The Kier molecular flexibility index (Phi) is 3.48. The first-order valence-electron chi connectivity index (χ1n) is 6.62. The lowest BCUT2D eigenvalue weighted by molar-refractivity contribution is 0.500. The molecule has 3 aromatic rings. The van der Waals surface area contributed by atoms with Crippen LogP contribution in [0.4, 0.5) is 4.39 Å². The van der Waals surface area contributed by atoms with Crippen LogP contribution in [-0.2, 0) is 6.42 Å². The van der Waals surface area contributed by atoms with E-state index >= 15 is 0 Å². The maximum atomic E-state index is 13.8. The molecule has 0 saturated heterocycles. The Morgan fingerprint density at radius 3 is 2.70 bits per heavy atom. The van der Waals surface area contributed by atoms with E-state index in [1.165, 1.54) is 6.07 Å². The first-order valence-corrected chi connectivity index (χ1v) is 6.62. The summed E-state index contributed by atoms with van der Waals surface area (Å²) in [6.07, 6.45) is 3.24. The molecule has 3 nitrogen and oxygen atoms in total. The largest absolute Gasteiger partial charge is 0.441 e. The number of nitrogens with two attached hydrogens (primary N) is 1. The average molecular weight is 270 g/mol. The van der Waals surface area contributed by atoms with E-state index in [1.807, 2.05) is 18.2 Å². The topological polar surface area (TPSA) is 52.0 Å². The second kappa shape index (κ2) is 5.43. The molecule has 0 saturated carbocycles. The van der Waals surface area contributed by atoms with Crippen LogP contribution in [0.1, 0.15) is 12.3 Å². The van der Waals surface area contributed by atoms with Crippen molar-refractivity contribution in [1.82, 2.24) is 4.98 Å². The van der Waals surface area contributed by atoms with Crippen LogP contribution in [0.15, 0.2) is 47.0 Å². The molecule has 0 atom stereocenters. The quantitative estimate of drug-likeness (QED) is 0.789. The van der Waals surface area contributed by atoms with Gasteiger partial charge in [-0.3, -0.25) is 0 Å². The van der Waals surface area contributed by atoms with E-state index < -0.39 is 0 Å². The average Bonchev–Trinajstić information content (AvgIpc) is 2.94. The van der Waals surface area contributed by atoms with Crippen molar-refractivity contribution in [3.63, 3.8) is 0 Å². The number of hydrogen-bond acceptors (Lipinski definition) is 3. The van der Waals surface area contributed by atoms with Crippen LogP contribution in [0.2, 0.25) is 0 Å². The number of fused-ring (bicyclic) bond motifs is 1. The molecule has 0 aliphatic heterocycles. The van der Waals surface area contributed by atoms with Crippen molar-refractivity contribution in [1.29, 1.82) is 0 Å². The molecule has 0 aliphatic rings. The van der Waals surface area contributed by atoms with Gasteiger partial charge in [0.25, 0.3) is 0 Å². The Morgan fingerprint density at radius 1 is 1.10 bits per heavy atom. The predicted octanol–water partition coefficient (Wildman–Crippen LogP) is 3.53. The molecular formula is C16H15FN2O. The fraction of sp³-hybridized carbons (Fsp3) is 0.188. The fourth-order valence-corrected chi connectivity index (χ4v) is 2.28. The zero-order valence-electron chi connectivity index (χ0n) is 11.0. The number of nitrogens with zero attached hydrogens (tertiary/aromatic N) is 1. The SMILES string of the molecule is NCCCc1ncc(-c2ccc(F)c3ccccc23)o1. The molecule has 2 N–H and O–H groups in total. The van der Waals surface area contributed by atoms with E-state index in [-0.39, 0.29) is 5.82 Å². The van der Waals surface area contributed by atoms with Gasteiger partial charge in [0.1, 0.15) is 5.82 Å². The summed E-state index contributed by atoms with van der Waals surface area (Å²) in [6.45, 7) is 0.608. The maximum absolute atomic E-state index is 13.8.